The van der Waals surface area contributed by atoms with Crippen LogP contribution in [-0.2, 0) is 11.0 Å². The molecule has 136 valence electrons. The van der Waals surface area contributed by atoms with Crippen LogP contribution in [0.2, 0.25) is 0 Å². The molecular weight excluding hydrogens is 369 g/mol. The lowest BCUT2D eigenvalue weighted by atomic mass is 10.1. The quantitative estimate of drug-likeness (QED) is 0.644. The van der Waals surface area contributed by atoms with Gasteiger partial charge >= 0.3 is 6.18 Å². The number of ketones is 1. The van der Waals surface area contributed by atoms with Crippen LogP contribution in [0.5, 0.6) is 5.75 Å². The number of anilines is 1. The Labute approximate surface area is 150 Å². The number of pyridine rings is 1. The number of ether oxygens (including phenoxy) is 1. The van der Waals surface area contributed by atoms with Crippen LogP contribution in [0.3, 0.4) is 0 Å². The second kappa shape index (κ2) is 6.99. The van der Waals surface area contributed by atoms with Crippen LogP contribution >= 0.6 is 11.8 Å². The lowest BCUT2D eigenvalue weighted by Gasteiger charge is -2.19. The van der Waals surface area contributed by atoms with E-state index in [1.165, 1.54) is 12.1 Å². The number of nitrogens with one attached hydrogen (secondary N) is 1. The fourth-order valence-electron chi connectivity index (χ4n) is 2.32. The summed E-state index contributed by atoms with van der Waals surface area (Å²) in [6.07, 6.45) is -3.71. The van der Waals surface area contributed by atoms with Crippen molar-refractivity contribution in [2.45, 2.75) is 23.4 Å². The fourth-order valence-corrected chi connectivity index (χ4v) is 3.19. The Balaban J connectivity index is 1.72. The highest BCUT2D eigenvalue weighted by Crippen LogP contribution is 2.32. The maximum Gasteiger partial charge on any atom is 0.417 e. The van der Waals surface area contributed by atoms with Gasteiger partial charge in [0.25, 0.3) is 5.91 Å². The smallest absolute Gasteiger partial charge is 0.417 e. The third-order valence-corrected chi connectivity index (χ3v) is 4.68. The molecule has 1 aromatic heterocycles. The van der Waals surface area contributed by atoms with Gasteiger partial charge in [0.1, 0.15) is 5.75 Å². The van der Waals surface area contributed by atoms with Gasteiger partial charge in [0.2, 0.25) is 0 Å². The predicted octanol–water partition coefficient (Wildman–Crippen LogP) is 3.79. The second-order valence-electron chi connectivity index (χ2n) is 5.55. The third-order valence-electron chi connectivity index (χ3n) is 3.63. The number of fused-ring (bicyclic) bond motifs is 1. The zero-order valence-corrected chi connectivity index (χ0v) is 14.3. The average Bonchev–Trinajstić information content (AvgIpc) is 2.60. The van der Waals surface area contributed by atoms with Crippen LogP contribution in [0.25, 0.3) is 0 Å². The molecule has 2 aromatic rings. The first-order valence-corrected chi connectivity index (χ1v) is 8.43. The van der Waals surface area contributed by atoms with Gasteiger partial charge in [-0.3, -0.25) is 9.59 Å². The number of benzene rings is 1. The molecule has 0 saturated heterocycles. The first-order valence-electron chi connectivity index (χ1n) is 7.55. The standard InChI is InChI=1S/C17H13F3N2O3S/c1-9(26-15-5-3-11(7-21-15)17(18,19)20)16(24)10-2-4-13-12(6-10)22-14(23)8-25-13/h2-7,9H,8H2,1H3,(H,22,23). The van der Waals surface area contributed by atoms with Gasteiger partial charge in [0.05, 0.1) is 21.5 Å². The Kier molecular flexibility index (Phi) is 4.90. The number of carbonyl (C=O) groups excluding carboxylic acids is 2. The number of nitrogens with zero attached hydrogens (tertiary/aromatic N) is 1. The first kappa shape index (κ1) is 18.2. The molecule has 1 N–H and O–H groups in total. The summed E-state index contributed by atoms with van der Waals surface area (Å²) in [6.45, 7) is 1.56. The molecule has 1 unspecified atom stereocenters. The Morgan fingerprint density at radius 2 is 2.08 bits per heavy atom. The van der Waals surface area contributed by atoms with Gasteiger partial charge in [-0.1, -0.05) is 11.8 Å². The van der Waals surface area contributed by atoms with Crippen molar-refractivity contribution in [1.82, 2.24) is 4.98 Å². The van der Waals surface area contributed by atoms with Gasteiger partial charge in [-0.25, -0.2) is 4.98 Å². The lowest BCUT2D eigenvalue weighted by molar-refractivity contribution is -0.137. The number of amides is 1. The molecule has 0 saturated carbocycles. The minimum absolute atomic E-state index is 0.0772. The van der Waals surface area contributed by atoms with E-state index in [-0.39, 0.29) is 18.3 Å². The number of carbonyl (C=O) groups is 2. The number of rotatable bonds is 4. The van der Waals surface area contributed by atoms with Gasteiger partial charge < -0.3 is 10.1 Å². The largest absolute Gasteiger partial charge is 0.482 e. The molecule has 26 heavy (non-hydrogen) atoms. The minimum atomic E-state index is -4.45. The molecule has 0 fully saturated rings. The highest BCUT2D eigenvalue weighted by Gasteiger charge is 2.31. The number of hydrogen-bond acceptors (Lipinski definition) is 5. The molecule has 2 heterocycles. The molecule has 0 spiro atoms. The van der Waals surface area contributed by atoms with Crippen LogP contribution in [-0.4, -0.2) is 28.5 Å². The van der Waals surface area contributed by atoms with Crippen molar-refractivity contribution >= 4 is 29.1 Å². The Morgan fingerprint density at radius 3 is 2.73 bits per heavy atom. The molecule has 1 aliphatic rings. The van der Waals surface area contributed by atoms with Crippen molar-refractivity contribution in [3.63, 3.8) is 0 Å². The molecule has 5 nitrogen and oxygen atoms in total. The third kappa shape index (κ3) is 3.98. The molecule has 9 heteroatoms. The van der Waals surface area contributed by atoms with Gasteiger partial charge in [-0.15, -0.1) is 0 Å². The van der Waals surface area contributed by atoms with Gasteiger partial charge in [-0.2, -0.15) is 13.2 Å². The van der Waals surface area contributed by atoms with E-state index < -0.39 is 17.0 Å². The average molecular weight is 382 g/mol. The molecule has 3 rings (SSSR count). The SMILES string of the molecule is CC(Sc1ccc(C(F)(F)F)cn1)C(=O)c1ccc2c(c1)NC(=O)CO2. The van der Waals surface area contributed by atoms with Crippen molar-refractivity contribution in [1.29, 1.82) is 0 Å². The molecule has 0 bridgehead atoms. The van der Waals surface area contributed by atoms with E-state index >= 15 is 0 Å². The van der Waals surface area contributed by atoms with E-state index in [9.17, 15) is 22.8 Å². The van der Waals surface area contributed by atoms with E-state index in [4.69, 9.17) is 4.74 Å². The van der Waals surface area contributed by atoms with E-state index in [0.717, 1.165) is 24.0 Å². The Bertz CT molecular complexity index is 853. The van der Waals surface area contributed by atoms with Crippen LogP contribution in [0.1, 0.15) is 22.8 Å². The van der Waals surface area contributed by atoms with Crippen LogP contribution in [0.15, 0.2) is 41.6 Å². The summed E-state index contributed by atoms with van der Waals surface area (Å²) in [6, 6.07) is 6.86. The molecule has 0 aliphatic carbocycles. The predicted molar refractivity (Wildman–Crippen MR) is 89.5 cm³/mol. The second-order valence-corrected chi connectivity index (χ2v) is 6.92. The number of alkyl halides is 3. The molecule has 1 aliphatic heterocycles. The maximum absolute atomic E-state index is 12.6. The zero-order valence-electron chi connectivity index (χ0n) is 13.5. The van der Waals surface area contributed by atoms with E-state index in [1.54, 1.807) is 19.1 Å². The summed E-state index contributed by atoms with van der Waals surface area (Å²) >= 11 is 1.06. The number of Topliss-reactive ketones (excluding diaryl/α,β-unsaturated/α-hetero) is 1. The van der Waals surface area contributed by atoms with E-state index in [0.29, 0.717) is 22.0 Å². The topological polar surface area (TPSA) is 68.3 Å². The van der Waals surface area contributed by atoms with Crippen LogP contribution in [0, 0.1) is 0 Å². The van der Waals surface area contributed by atoms with E-state index in [2.05, 4.69) is 10.3 Å². The lowest BCUT2D eigenvalue weighted by Crippen LogP contribution is -2.25. The van der Waals surface area contributed by atoms with Crippen LogP contribution in [0.4, 0.5) is 18.9 Å². The van der Waals surface area contributed by atoms with Crippen molar-refractivity contribution in [2.24, 2.45) is 0 Å². The zero-order chi connectivity index (χ0) is 18.9. The summed E-state index contributed by atoms with van der Waals surface area (Å²) in [5.74, 6) is -0.0661. The highest BCUT2D eigenvalue weighted by atomic mass is 32.2. The molecule has 1 amide bonds. The highest BCUT2D eigenvalue weighted by molar-refractivity contribution is 8.00. The molecule has 1 aromatic carbocycles. The molecule has 1 atom stereocenters. The number of halogens is 3. The number of aromatic nitrogens is 1. The molecule has 0 radical (unpaired) electrons. The van der Waals surface area contributed by atoms with E-state index in [1.807, 2.05) is 0 Å². The maximum atomic E-state index is 12.6. The first-order chi connectivity index (χ1) is 12.2. The summed E-state index contributed by atoms with van der Waals surface area (Å²) in [4.78, 5) is 27.7. The van der Waals surface area contributed by atoms with Gasteiger partial charge in [-0.05, 0) is 37.3 Å². The number of thioether (sulfide) groups is 1. The summed E-state index contributed by atoms with van der Waals surface area (Å²) in [5, 5.41) is 2.36. The van der Waals surface area contributed by atoms with Gasteiger partial charge in [0.15, 0.2) is 12.4 Å². The summed E-state index contributed by atoms with van der Waals surface area (Å²) in [7, 11) is 0. The summed E-state index contributed by atoms with van der Waals surface area (Å²) in [5.41, 5.74) is -0.0651. The normalized spacial score (nSPS) is 14.8. The monoisotopic (exact) mass is 382 g/mol. The van der Waals surface area contributed by atoms with Crippen molar-refractivity contribution in [3.8, 4) is 5.75 Å². The minimum Gasteiger partial charge on any atom is -0.482 e. The fraction of sp³-hybridized carbons (Fsp3) is 0.235. The summed E-state index contributed by atoms with van der Waals surface area (Å²) < 4.78 is 42.9. The van der Waals surface area contributed by atoms with Crippen LogP contribution < -0.4 is 10.1 Å². The molecular formula is C17H13F3N2O3S. The number of hydrogen-bond donors (Lipinski definition) is 1. The van der Waals surface area contributed by atoms with Gasteiger partial charge in [0, 0.05) is 11.8 Å². The Morgan fingerprint density at radius 1 is 1.31 bits per heavy atom. The van der Waals surface area contributed by atoms with Crippen molar-refractivity contribution in [3.05, 3.63) is 47.7 Å². The van der Waals surface area contributed by atoms with Crippen molar-refractivity contribution < 1.29 is 27.5 Å². The Hall–Kier alpha value is -2.55. The van der Waals surface area contributed by atoms with Crippen molar-refractivity contribution in [2.75, 3.05) is 11.9 Å².